The number of hydrogen-bond donors (Lipinski definition) is 2. The molecule has 5 nitrogen and oxygen atoms in total. The highest BCUT2D eigenvalue weighted by molar-refractivity contribution is 7.90. The van der Waals surface area contributed by atoms with Gasteiger partial charge in [-0.3, -0.25) is 0 Å². The van der Waals surface area contributed by atoms with E-state index in [9.17, 15) is 8.42 Å². The summed E-state index contributed by atoms with van der Waals surface area (Å²) in [6.45, 7) is 8.26. The fourth-order valence-electron chi connectivity index (χ4n) is 1.77. The van der Waals surface area contributed by atoms with Crippen molar-refractivity contribution in [3.8, 4) is 0 Å². The van der Waals surface area contributed by atoms with Crippen molar-refractivity contribution in [3.63, 3.8) is 0 Å². The lowest BCUT2D eigenvalue weighted by Gasteiger charge is -2.25. The molecule has 0 saturated heterocycles. The highest BCUT2D eigenvalue weighted by Crippen LogP contribution is 2.19. The van der Waals surface area contributed by atoms with Crippen LogP contribution < -0.4 is 10.6 Å². The van der Waals surface area contributed by atoms with Crippen LogP contribution in [0.15, 0.2) is 21.8 Å². The number of rotatable bonds is 8. The molecule has 2 N–H and O–H groups in total. The molecule has 1 heterocycles. The monoisotopic (exact) mass is 345 g/mol. The lowest BCUT2D eigenvalue weighted by atomic mass is 9.90. The molecule has 1 aromatic rings. The molecule has 0 atom stereocenters. The minimum absolute atomic E-state index is 0.109. The molecule has 0 aromatic carbocycles. The molecule has 1 rings (SSSR count). The van der Waals surface area contributed by atoms with Crippen molar-refractivity contribution < 1.29 is 8.42 Å². The first-order valence-electron chi connectivity index (χ1n) is 7.43. The Morgan fingerprint density at radius 1 is 1.36 bits per heavy atom. The Kier molecular flexibility index (Phi) is 7.35. The molecule has 0 spiro atoms. The maximum Gasteiger partial charge on any atom is 0.191 e. The van der Waals surface area contributed by atoms with Crippen molar-refractivity contribution in [2.45, 2.75) is 33.7 Å². The Balaban J connectivity index is 2.53. The number of aliphatic imine (C=N–C) groups is 1. The van der Waals surface area contributed by atoms with E-state index in [1.54, 1.807) is 11.3 Å². The summed E-state index contributed by atoms with van der Waals surface area (Å²) in [6, 6.07) is 2.06. The second-order valence-electron chi connectivity index (χ2n) is 6.22. The summed E-state index contributed by atoms with van der Waals surface area (Å²) >= 11 is 1.66. The second kappa shape index (κ2) is 8.53. The Morgan fingerprint density at radius 2 is 2.09 bits per heavy atom. The lowest BCUT2D eigenvalue weighted by molar-refractivity contribution is 0.348. The predicted octanol–water partition coefficient (Wildman–Crippen LogP) is 2.26. The van der Waals surface area contributed by atoms with Gasteiger partial charge in [0.05, 0.1) is 12.3 Å². The van der Waals surface area contributed by atoms with E-state index >= 15 is 0 Å². The normalized spacial score (nSPS) is 13.2. The number of thiophene rings is 1. The Morgan fingerprint density at radius 3 is 2.64 bits per heavy atom. The van der Waals surface area contributed by atoms with E-state index in [1.807, 2.05) is 12.3 Å². The molecule has 0 unspecified atom stereocenters. The van der Waals surface area contributed by atoms with Gasteiger partial charge in [-0.2, -0.15) is 11.3 Å². The second-order valence-corrected chi connectivity index (χ2v) is 9.26. The number of nitrogens with one attached hydrogen (secondary N) is 2. The molecular formula is C15H27N3O2S2. The molecule has 22 heavy (non-hydrogen) atoms. The van der Waals surface area contributed by atoms with Gasteiger partial charge in [-0.25, -0.2) is 13.4 Å². The third-order valence-corrected chi connectivity index (χ3v) is 4.91. The van der Waals surface area contributed by atoms with E-state index in [4.69, 9.17) is 0 Å². The largest absolute Gasteiger partial charge is 0.357 e. The summed E-state index contributed by atoms with van der Waals surface area (Å²) in [4.78, 5) is 4.55. The van der Waals surface area contributed by atoms with Gasteiger partial charge < -0.3 is 10.6 Å². The molecule has 7 heteroatoms. The van der Waals surface area contributed by atoms with Gasteiger partial charge in [0.2, 0.25) is 0 Å². The van der Waals surface area contributed by atoms with Gasteiger partial charge in [0.1, 0.15) is 9.84 Å². The topological polar surface area (TPSA) is 70.6 Å². The molecule has 0 aliphatic carbocycles. The first-order valence-corrected chi connectivity index (χ1v) is 10.4. The maximum atomic E-state index is 11.3. The Labute approximate surface area is 138 Å². The summed E-state index contributed by atoms with van der Waals surface area (Å²) in [5, 5.41) is 10.6. The van der Waals surface area contributed by atoms with Crippen molar-refractivity contribution in [2.75, 3.05) is 25.1 Å². The number of hydrogen-bond acceptors (Lipinski definition) is 4. The fourth-order valence-corrected chi connectivity index (χ4v) is 3.35. The summed E-state index contributed by atoms with van der Waals surface area (Å²) < 4.78 is 22.6. The van der Waals surface area contributed by atoms with Crippen LogP contribution in [0.4, 0.5) is 0 Å². The van der Waals surface area contributed by atoms with Crippen LogP contribution >= 0.6 is 11.3 Å². The van der Waals surface area contributed by atoms with Crippen molar-refractivity contribution >= 4 is 27.1 Å². The van der Waals surface area contributed by atoms with E-state index in [0.29, 0.717) is 19.5 Å². The highest BCUT2D eigenvalue weighted by atomic mass is 32.2. The molecule has 0 bridgehead atoms. The van der Waals surface area contributed by atoms with E-state index in [-0.39, 0.29) is 11.2 Å². The lowest BCUT2D eigenvalue weighted by Crippen LogP contribution is -2.42. The summed E-state index contributed by atoms with van der Waals surface area (Å²) in [6.07, 6.45) is 1.91. The SMILES string of the molecule is CCNC(=NCc1ccsc1)NCC(C)(C)CCS(C)(=O)=O. The van der Waals surface area contributed by atoms with Crippen LogP contribution in [-0.2, 0) is 16.4 Å². The maximum absolute atomic E-state index is 11.3. The van der Waals surface area contributed by atoms with E-state index in [0.717, 1.165) is 12.5 Å². The Bertz CT molecular complexity index is 564. The van der Waals surface area contributed by atoms with Gasteiger partial charge in [0.15, 0.2) is 5.96 Å². The zero-order chi connectivity index (χ0) is 16.6. The van der Waals surface area contributed by atoms with Crippen molar-refractivity contribution in [1.82, 2.24) is 10.6 Å². The average molecular weight is 346 g/mol. The molecule has 0 amide bonds. The number of sulfone groups is 1. The molecule has 0 radical (unpaired) electrons. The van der Waals surface area contributed by atoms with Crippen molar-refractivity contribution in [3.05, 3.63) is 22.4 Å². The molecule has 1 aromatic heterocycles. The van der Waals surface area contributed by atoms with Gasteiger partial charge in [0.25, 0.3) is 0 Å². The van der Waals surface area contributed by atoms with Crippen molar-refractivity contribution in [1.29, 1.82) is 0 Å². The van der Waals surface area contributed by atoms with E-state index in [2.05, 4.69) is 40.9 Å². The van der Waals surface area contributed by atoms with Crippen LogP contribution in [0.1, 0.15) is 32.8 Å². The standard InChI is InChI=1S/C15H27N3O2S2/c1-5-16-14(17-10-13-6-8-21-11-13)18-12-15(2,3)7-9-22(4,19)20/h6,8,11H,5,7,9-10,12H2,1-4H3,(H2,16,17,18). The van der Waals surface area contributed by atoms with Gasteiger partial charge in [-0.15, -0.1) is 0 Å². The molecule has 0 aliphatic heterocycles. The fraction of sp³-hybridized carbons (Fsp3) is 0.667. The van der Waals surface area contributed by atoms with Crippen LogP contribution in [0.25, 0.3) is 0 Å². The zero-order valence-electron chi connectivity index (χ0n) is 13.8. The minimum Gasteiger partial charge on any atom is -0.357 e. The first-order chi connectivity index (χ1) is 10.2. The smallest absolute Gasteiger partial charge is 0.191 e. The highest BCUT2D eigenvalue weighted by Gasteiger charge is 2.20. The van der Waals surface area contributed by atoms with Crippen LogP contribution in [0, 0.1) is 5.41 Å². The zero-order valence-corrected chi connectivity index (χ0v) is 15.5. The van der Waals surface area contributed by atoms with E-state index in [1.165, 1.54) is 11.8 Å². The quantitative estimate of drug-likeness (QED) is 0.560. The molecular weight excluding hydrogens is 318 g/mol. The summed E-state index contributed by atoms with van der Waals surface area (Å²) in [5.74, 6) is 0.978. The predicted molar refractivity (Wildman–Crippen MR) is 95.2 cm³/mol. The van der Waals surface area contributed by atoms with Gasteiger partial charge in [-0.1, -0.05) is 13.8 Å². The van der Waals surface area contributed by atoms with Gasteiger partial charge in [0, 0.05) is 19.3 Å². The molecule has 0 fully saturated rings. The Hall–Kier alpha value is -1.08. The molecule has 126 valence electrons. The van der Waals surface area contributed by atoms with Gasteiger partial charge >= 0.3 is 0 Å². The molecule has 0 saturated carbocycles. The third kappa shape index (κ3) is 8.38. The first kappa shape index (κ1) is 19.0. The van der Waals surface area contributed by atoms with Crippen LogP contribution in [0.5, 0.6) is 0 Å². The van der Waals surface area contributed by atoms with Gasteiger partial charge in [-0.05, 0) is 41.1 Å². The van der Waals surface area contributed by atoms with Crippen LogP contribution in [0.3, 0.4) is 0 Å². The number of nitrogens with zero attached hydrogens (tertiary/aromatic N) is 1. The van der Waals surface area contributed by atoms with Crippen molar-refractivity contribution in [2.24, 2.45) is 10.4 Å². The van der Waals surface area contributed by atoms with E-state index < -0.39 is 9.84 Å². The average Bonchev–Trinajstić information content (AvgIpc) is 2.92. The summed E-state index contributed by atoms with van der Waals surface area (Å²) in [5.41, 5.74) is 1.08. The summed E-state index contributed by atoms with van der Waals surface area (Å²) in [7, 11) is -2.92. The van der Waals surface area contributed by atoms with Crippen LogP contribution in [-0.4, -0.2) is 39.5 Å². The molecule has 0 aliphatic rings. The third-order valence-electron chi connectivity index (χ3n) is 3.23. The minimum atomic E-state index is -2.92. The number of guanidine groups is 1. The van der Waals surface area contributed by atoms with Crippen LogP contribution in [0.2, 0.25) is 0 Å².